The largest absolute Gasteiger partial charge is 0.698 e. The van der Waals surface area contributed by atoms with E-state index in [9.17, 15) is 4.57 Å². The Morgan fingerprint density at radius 2 is 1.18 bits per heavy atom. The van der Waals surface area contributed by atoms with Crippen molar-refractivity contribution in [3.8, 4) is 0 Å². The second kappa shape index (κ2) is 11.3. The molecule has 0 aliphatic carbocycles. The van der Waals surface area contributed by atoms with Crippen LogP contribution >= 0.6 is 8.25 Å². The van der Waals surface area contributed by atoms with Crippen LogP contribution in [0.1, 0.15) is 50.0 Å². The molecule has 0 fully saturated rings. The molecule has 0 aromatic heterocycles. The number of hydrogen-bond donors (Lipinski definition) is 2. The van der Waals surface area contributed by atoms with Crippen molar-refractivity contribution in [1.29, 1.82) is 0 Å². The number of benzene rings is 2. The molecule has 2 rings (SSSR count). The van der Waals surface area contributed by atoms with Gasteiger partial charge in [-0.05, 0) is 25.0 Å². The first kappa shape index (κ1) is 21.7. The minimum absolute atomic E-state index is 0.262. The molecule has 0 aliphatic rings. The summed E-state index contributed by atoms with van der Waals surface area (Å²) in [6.45, 7) is 3.31. The van der Waals surface area contributed by atoms with Crippen LogP contribution in [-0.4, -0.2) is 21.8 Å². The van der Waals surface area contributed by atoms with Gasteiger partial charge in [-0.2, -0.15) is 0 Å². The lowest BCUT2D eigenvalue weighted by Gasteiger charge is -2.13. The molecule has 0 spiro atoms. The van der Waals surface area contributed by atoms with Gasteiger partial charge in [-0.1, -0.05) is 71.0 Å². The maximum Gasteiger partial charge on any atom is 0.698 e. The van der Waals surface area contributed by atoms with Crippen molar-refractivity contribution in [2.45, 2.75) is 38.9 Å². The van der Waals surface area contributed by atoms with Crippen molar-refractivity contribution in [2.24, 2.45) is 10.3 Å². The van der Waals surface area contributed by atoms with Crippen LogP contribution in [0.25, 0.3) is 0 Å². The van der Waals surface area contributed by atoms with Crippen molar-refractivity contribution in [2.75, 3.05) is 0 Å². The number of nitrogens with zero attached hydrogens (tertiary/aromatic N) is 2. The van der Waals surface area contributed by atoms with Crippen LogP contribution in [0, 0.1) is 0 Å². The van der Waals surface area contributed by atoms with Gasteiger partial charge < -0.3 is 10.4 Å². The van der Waals surface area contributed by atoms with Crippen LogP contribution in [0.4, 0.5) is 0 Å². The highest BCUT2D eigenvalue weighted by molar-refractivity contribution is 7.33. The van der Waals surface area contributed by atoms with E-state index in [0.29, 0.717) is 11.4 Å². The fraction of sp³-hybridized carbons (Fsp3) is 0.300. The molecular weight excluding hydrogens is 379 g/mol. The predicted molar refractivity (Wildman–Crippen MR) is 107 cm³/mol. The highest BCUT2D eigenvalue weighted by atomic mass is 31.1. The molecule has 28 heavy (non-hydrogen) atoms. The Hall–Kier alpha value is -2.60. The predicted octanol–water partition coefficient (Wildman–Crippen LogP) is 5.64. The lowest BCUT2D eigenvalue weighted by molar-refractivity contribution is 0.134. The van der Waals surface area contributed by atoms with Gasteiger partial charge >= 0.3 is 8.25 Å². The lowest BCUT2D eigenvalue weighted by Crippen LogP contribution is -2.09. The Balaban J connectivity index is 2.16. The van der Waals surface area contributed by atoms with Crippen molar-refractivity contribution < 1.29 is 24.0 Å². The summed E-state index contributed by atoms with van der Waals surface area (Å²) in [5, 5.41) is 24.3. The molecule has 2 unspecified atom stereocenters. The van der Waals surface area contributed by atoms with Crippen molar-refractivity contribution in [3.05, 3.63) is 71.8 Å². The molecule has 2 atom stereocenters. The average Bonchev–Trinajstić information content (AvgIpc) is 2.73. The van der Waals surface area contributed by atoms with E-state index in [1.807, 2.05) is 60.7 Å². The van der Waals surface area contributed by atoms with Gasteiger partial charge in [0.2, 0.25) is 0 Å². The third-order valence-corrected chi connectivity index (χ3v) is 4.93. The SMILES string of the molecule is CC(CC(O[P+](=O)OC(CC(C)=NO)c1ccccc1)c1ccccc1)=NO. The molecule has 0 amide bonds. The highest BCUT2D eigenvalue weighted by Crippen LogP contribution is 2.40. The van der Waals surface area contributed by atoms with Crippen LogP contribution in [0.15, 0.2) is 71.0 Å². The maximum absolute atomic E-state index is 12.6. The average molecular weight is 403 g/mol. The summed E-state index contributed by atoms with van der Waals surface area (Å²) in [6.07, 6.45) is -0.662. The van der Waals surface area contributed by atoms with Crippen molar-refractivity contribution in [3.63, 3.8) is 0 Å². The van der Waals surface area contributed by atoms with E-state index in [1.165, 1.54) is 0 Å². The Labute approximate surface area is 165 Å². The van der Waals surface area contributed by atoms with Crippen LogP contribution < -0.4 is 0 Å². The molecule has 0 bridgehead atoms. The first-order valence-electron chi connectivity index (χ1n) is 8.79. The molecule has 7 nitrogen and oxygen atoms in total. The Kier molecular flexibility index (Phi) is 8.75. The molecule has 2 aromatic carbocycles. The van der Waals surface area contributed by atoms with Gasteiger partial charge in [0.05, 0.1) is 11.4 Å². The third kappa shape index (κ3) is 6.85. The Bertz CT molecular complexity index is 744. The van der Waals surface area contributed by atoms with E-state index in [1.54, 1.807) is 13.8 Å². The quantitative estimate of drug-likeness (QED) is 0.231. The van der Waals surface area contributed by atoms with Crippen LogP contribution in [-0.2, 0) is 13.6 Å². The van der Waals surface area contributed by atoms with E-state index in [4.69, 9.17) is 19.5 Å². The number of oxime groups is 2. The van der Waals surface area contributed by atoms with Crippen LogP contribution in [0.3, 0.4) is 0 Å². The van der Waals surface area contributed by atoms with E-state index in [2.05, 4.69) is 10.3 Å². The zero-order valence-corrected chi connectivity index (χ0v) is 16.7. The van der Waals surface area contributed by atoms with Gasteiger partial charge in [-0.3, -0.25) is 0 Å². The summed E-state index contributed by atoms with van der Waals surface area (Å²) >= 11 is 0. The van der Waals surface area contributed by atoms with E-state index in [-0.39, 0.29) is 12.8 Å². The molecule has 8 heteroatoms. The summed E-state index contributed by atoms with van der Waals surface area (Å²) < 4.78 is 24.0. The molecule has 148 valence electrons. The zero-order chi connectivity index (χ0) is 20.4. The minimum atomic E-state index is -2.50. The topological polar surface area (TPSA) is 101 Å². The fourth-order valence-electron chi connectivity index (χ4n) is 2.62. The molecule has 0 saturated heterocycles. The van der Waals surface area contributed by atoms with Gasteiger partial charge in [0, 0.05) is 17.4 Å². The second-order valence-electron chi connectivity index (χ2n) is 6.31. The van der Waals surface area contributed by atoms with Gasteiger partial charge in [0.25, 0.3) is 0 Å². The normalized spacial score (nSPS) is 15.1. The molecular formula is C20H24N2O5P+. The molecule has 0 aliphatic heterocycles. The van der Waals surface area contributed by atoms with E-state index in [0.717, 1.165) is 11.1 Å². The summed E-state index contributed by atoms with van der Waals surface area (Å²) in [4.78, 5) is 0. The molecule has 2 aromatic rings. The minimum Gasteiger partial charge on any atom is -0.411 e. The summed E-state index contributed by atoms with van der Waals surface area (Å²) in [5.74, 6) is 0. The third-order valence-electron chi connectivity index (χ3n) is 4.07. The smallest absolute Gasteiger partial charge is 0.411 e. The van der Waals surface area contributed by atoms with Gasteiger partial charge in [-0.25, -0.2) is 0 Å². The van der Waals surface area contributed by atoms with Gasteiger partial charge in [0.15, 0.2) is 0 Å². The summed E-state index contributed by atoms with van der Waals surface area (Å²) in [5.41, 5.74) is 2.48. The van der Waals surface area contributed by atoms with Gasteiger partial charge in [-0.15, -0.1) is 9.05 Å². The molecule has 2 N–H and O–H groups in total. The van der Waals surface area contributed by atoms with Crippen LogP contribution in [0.2, 0.25) is 0 Å². The van der Waals surface area contributed by atoms with E-state index >= 15 is 0 Å². The Morgan fingerprint density at radius 3 is 1.50 bits per heavy atom. The summed E-state index contributed by atoms with van der Waals surface area (Å²) in [7, 11) is -2.50. The van der Waals surface area contributed by atoms with Crippen molar-refractivity contribution in [1.82, 2.24) is 0 Å². The van der Waals surface area contributed by atoms with Crippen molar-refractivity contribution >= 4 is 19.7 Å². The molecule has 0 saturated carbocycles. The number of rotatable bonds is 10. The molecule has 0 radical (unpaired) electrons. The maximum atomic E-state index is 12.6. The van der Waals surface area contributed by atoms with Crippen LogP contribution in [0.5, 0.6) is 0 Å². The highest BCUT2D eigenvalue weighted by Gasteiger charge is 2.34. The van der Waals surface area contributed by atoms with Gasteiger partial charge in [0.1, 0.15) is 12.2 Å². The Morgan fingerprint density at radius 1 is 0.821 bits per heavy atom. The first-order chi connectivity index (χ1) is 13.5. The summed E-state index contributed by atoms with van der Waals surface area (Å²) in [6, 6.07) is 18.5. The zero-order valence-electron chi connectivity index (χ0n) is 15.8. The standard InChI is InChI=1S/C20H23N2O5P/c1-15(21-23)13-19(17-9-5-3-6-10-17)26-28(25)27-20(14-16(2)22-24)18-11-7-4-8-12-18/h3-12,19-20H,13-14H2,1-2H3,(H-,23,24)/p+1. The first-order valence-corrected chi connectivity index (χ1v) is 9.88. The van der Waals surface area contributed by atoms with E-state index < -0.39 is 20.5 Å². The number of hydrogen-bond acceptors (Lipinski definition) is 7. The second-order valence-corrected chi connectivity index (χ2v) is 7.18. The lowest BCUT2D eigenvalue weighted by atomic mass is 10.0. The molecule has 0 heterocycles. The monoisotopic (exact) mass is 403 g/mol. The fourth-order valence-corrected chi connectivity index (χ4v) is 3.48.